The molecule has 6 atom stereocenters. The van der Waals surface area contributed by atoms with Gasteiger partial charge in [-0.2, -0.15) is 0 Å². The second kappa shape index (κ2) is 4.47. The maximum absolute atomic E-state index is 13.0. The molecule has 1 N–H and O–H groups in total. The lowest BCUT2D eigenvalue weighted by Gasteiger charge is -2.60. The molecule has 2 aliphatic carbocycles. The number of ether oxygens (including phenoxy) is 3. The second-order valence-corrected chi connectivity index (χ2v) is 8.70. The fourth-order valence-electron chi connectivity index (χ4n) is 6.49. The van der Waals surface area contributed by atoms with Crippen molar-refractivity contribution < 1.29 is 33.3 Å². The van der Waals surface area contributed by atoms with E-state index >= 15 is 0 Å². The number of cyclic esters (lactones) is 2. The summed E-state index contributed by atoms with van der Waals surface area (Å²) in [4.78, 5) is 25.3. The summed E-state index contributed by atoms with van der Waals surface area (Å²) >= 11 is 0. The molecule has 4 heterocycles. The fourth-order valence-corrected chi connectivity index (χ4v) is 6.49. The van der Waals surface area contributed by atoms with Crippen molar-refractivity contribution in [3.8, 4) is 0 Å². The molecular formula is C20H20O7. The molecule has 27 heavy (non-hydrogen) atoms. The Morgan fingerprint density at radius 3 is 2.89 bits per heavy atom. The van der Waals surface area contributed by atoms with Crippen LogP contribution in [0, 0.1) is 10.8 Å². The smallest absolute Gasteiger partial charge is 0.339 e. The third-order valence-corrected chi connectivity index (χ3v) is 7.90. The van der Waals surface area contributed by atoms with Crippen LogP contribution < -0.4 is 0 Å². The summed E-state index contributed by atoms with van der Waals surface area (Å²) in [6.45, 7) is 2.15. The van der Waals surface area contributed by atoms with Gasteiger partial charge in [0.25, 0.3) is 0 Å². The van der Waals surface area contributed by atoms with Crippen molar-refractivity contribution >= 4 is 11.9 Å². The highest BCUT2D eigenvalue weighted by Gasteiger charge is 2.87. The summed E-state index contributed by atoms with van der Waals surface area (Å²) in [6, 6.07) is 1.77. The number of fused-ring (bicyclic) bond motifs is 1. The third kappa shape index (κ3) is 1.48. The van der Waals surface area contributed by atoms with Crippen LogP contribution in [0.3, 0.4) is 0 Å². The Balaban J connectivity index is 1.53. The number of carbonyl (C=O) groups excluding carboxylic acids is 2. The van der Waals surface area contributed by atoms with Crippen molar-refractivity contribution in [2.75, 3.05) is 6.61 Å². The van der Waals surface area contributed by atoms with E-state index < -0.39 is 34.1 Å². The van der Waals surface area contributed by atoms with Gasteiger partial charge in [0.1, 0.15) is 18.3 Å². The number of aliphatic hydroxyl groups is 1. The number of epoxide rings is 1. The molecule has 0 aromatic carbocycles. The van der Waals surface area contributed by atoms with E-state index in [0.717, 1.165) is 5.56 Å². The summed E-state index contributed by atoms with van der Waals surface area (Å²) in [5.41, 5.74) is -2.56. The summed E-state index contributed by atoms with van der Waals surface area (Å²) in [7, 11) is 0. The molecule has 0 amide bonds. The summed E-state index contributed by atoms with van der Waals surface area (Å²) in [6.07, 6.45) is 6.01. The largest absolute Gasteiger partial charge is 0.472 e. The van der Waals surface area contributed by atoms with Crippen molar-refractivity contribution in [3.05, 3.63) is 35.8 Å². The minimum Gasteiger partial charge on any atom is -0.472 e. The summed E-state index contributed by atoms with van der Waals surface area (Å²) in [5.74, 6) is -0.926. The minimum absolute atomic E-state index is 0.136. The maximum Gasteiger partial charge on any atom is 0.339 e. The Morgan fingerprint density at radius 2 is 2.11 bits per heavy atom. The van der Waals surface area contributed by atoms with E-state index in [1.54, 1.807) is 12.3 Å². The highest BCUT2D eigenvalue weighted by atomic mass is 16.6. The molecule has 7 nitrogen and oxygen atoms in total. The van der Waals surface area contributed by atoms with E-state index in [4.69, 9.17) is 18.6 Å². The average molecular weight is 372 g/mol. The van der Waals surface area contributed by atoms with Crippen LogP contribution in [0.5, 0.6) is 0 Å². The predicted molar refractivity (Wildman–Crippen MR) is 88.1 cm³/mol. The van der Waals surface area contributed by atoms with Crippen LogP contribution in [-0.2, 0) is 23.8 Å². The second-order valence-electron chi connectivity index (χ2n) is 8.70. The lowest BCUT2D eigenvalue weighted by Crippen LogP contribution is -2.72. The van der Waals surface area contributed by atoms with Gasteiger partial charge < -0.3 is 23.7 Å². The first-order chi connectivity index (χ1) is 12.9. The molecule has 1 aromatic heterocycles. The van der Waals surface area contributed by atoms with Gasteiger partial charge in [-0.05, 0) is 25.3 Å². The molecule has 2 spiro atoms. The van der Waals surface area contributed by atoms with E-state index in [2.05, 4.69) is 0 Å². The van der Waals surface area contributed by atoms with Crippen LogP contribution in [0.1, 0.15) is 44.3 Å². The van der Waals surface area contributed by atoms with Gasteiger partial charge in [0.05, 0.1) is 24.0 Å². The highest BCUT2D eigenvalue weighted by Crippen LogP contribution is 2.77. The van der Waals surface area contributed by atoms with Crippen LogP contribution >= 0.6 is 0 Å². The Hall–Kier alpha value is -2.12. The quantitative estimate of drug-likeness (QED) is 0.593. The minimum atomic E-state index is -1.65. The molecule has 3 saturated heterocycles. The summed E-state index contributed by atoms with van der Waals surface area (Å²) in [5, 5.41) is 11.5. The zero-order chi connectivity index (χ0) is 18.7. The fraction of sp³-hybridized carbons (Fsp3) is 0.600. The Bertz CT molecular complexity index is 903. The van der Waals surface area contributed by atoms with Gasteiger partial charge in [-0.3, -0.25) is 0 Å². The van der Waals surface area contributed by atoms with Gasteiger partial charge in [-0.1, -0.05) is 13.0 Å². The van der Waals surface area contributed by atoms with E-state index in [0.29, 0.717) is 24.8 Å². The molecule has 1 aromatic rings. The molecular weight excluding hydrogens is 352 g/mol. The van der Waals surface area contributed by atoms with Crippen LogP contribution in [0.15, 0.2) is 34.7 Å². The van der Waals surface area contributed by atoms with Gasteiger partial charge in [-0.15, -0.1) is 0 Å². The Morgan fingerprint density at radius 1 is 1.26 bits per heavy atom. The van der Waals surface area contributed by atoms with Crippen LogP contribution in [0.4, 0.5) is 0 Å². The Kier molecular flexibility index (Phi) is 2.63. The molecule has 0 unspecified atom stereocenters. The SMILES string of the molecule is C[C@]12C[C@H](c3ccoc3)OC(=O)[C@@]1(O)CC[C@@]13COC(=O)C1=CC[C@H]1O[C@]132. The van der Waals surface area contributed by atoms with E-state index in [1.807, 2.05) is 13.0 Å². The Labute approximate surface area is 155 Å². The van der Waals surface area contributed by atoms with Crippen molar-refractivity contribution in [3.63, 3.8) is 0 Å². The van der Waals surface area contributed by atoms with Gasteiger partial charge in [0.2, 0.25) is 0 Å². The third-order valence-electron chi connectivity index (χ3n) is 7.90. The molecule has 3 aliphatic heterocycles. The highest BCUT2D eigenvalue weighted by molar-refractivity contribution is 5.94. The first kappa shape index (κ1) is 15.9. The normalized spacial score (nSPS) is 49.8. The van der Waals surface area contributed by atoms with Crippen molar-refractivity contribution in [1.82, 2.24) is 0 Å². The first-order valence-electron chi connectivity index (χ1n) is 9.39. The predicted octanol–water partition coefficient (Wildman–Crippen LogP) is 1.81. The van der Waals surface area contributed by atoms with Gasteiger partial charge in [0, 0.05) is 23.0 Å². The molecule has 142 valence electrons. The van der Waals surface area contributed by atoms with Crippen LogP contribution in [-0.4, -0.2) is 41.0 Å². The topological polar surface area (TPSA) is 98.5 Å². The van der Waals surface area contributed by atoms with Gasteiger partial charge in [0.15, 0.2) is 5.60 Å². The number of furan rings is 1. The van der Waals surface area contributed by atoms with E-state index in [-0.39, 0.29) is 25.1 Å². The molecule has 5 aliphatic rings. The molecule has 0 radical (unpaired) electrons. The first-order valence-corrected chi connectivity index (χ1v) is 9.39. The number of carbonyl (C=O) groups is 2. The van der Waals surface area contributed by atoms with Gasteiger partial charge in [-0.25, -0.2) is 9.59 Å². The maximum atomic E-state index is 13.0. The molecule has 0 bridgehead atoms. The average Bonchev–Trinajstić information content (AvgIpc) is 3.01. The molecule has 4 fully saturated rings. The molecule has 1 saturated carbocycles. The van der Waals surface area contributed by atoms with Crippen LogP contribution in [0.2, 0.25) is 0 Å². The number of hydrogen-bond donors (Lipinski definition) is 1. The summed E-state index contributed by atoms with van der Waals surface area (Å²) < 4.78 is 22.5. The zero-order valence-corrected chi connectivity index (χ0v) is 14.9. The van der Waals surface area contributed by atoms with Crippen molar-refractivity contribution in [2.45, 2.75) is 56.0 Å². The van der Waals surface area contributed by atoms with Crippen molar-refractivity contribution in [1.29, 1.82) is 0 Å². The molecule has 6 rings (SSSR count). The number of rotatable bonds is 1. The monoisotopic (exact) mass is 372 g/mol. The lowest BCUT2D eigenvalue weighted by molar-refractivity contribution is -0.246. The number of hydrogen-bond acceptors (Lipinski definition) is 7. The zero-order valence-electron chi connectivity index (χ0n) is 14.9. The number of esters is 2. The standard InChI is InChI=1S/C20H20O7/c1-17-8-13(11-4-7-24-9-11)26-16(22)19(17,23)6-5-18-10-25-15(21)12(18)2-3-14-20(17,18)27-14/h2,4,7,9,13-14,23H,3,5-6,8,10H2,1H3/t13-,14-,17+,18-,19+,20+/m1/s1. The molecule has 7 heteroatoms. The van der Waals surface area contributed by atoms with E-state index in [9.17, 15) is 14.7 Å². The lowest BCUT2D eigenvalue weighted by atomic mass is 9.43. The van der Waals surface area contributed by atoms with Crippen molar-refractivity contribution in [2.24, 2.45) is 10.8 Å². The van der Waals surface area contributed by atoms with E-state index in [1.165, 1.54) is 6.26 Å². The van der Waals surface area contributed by atoms with Gasteiger partial charge >= 0.3 is 11.9 Å². The van der Waals surface area contributed by atoms with Crippen LogP contribution in [0.25, 0.3) is 0 Å².